The van der Waals surface area contributed by atoms with Gasteiger partial charge >= 0.3 is 5.97 Å². The SMILES string of the molecule is COCC(NC(C)C(=O)O)C(C)C. The molecule has 0 aliphatic rings. The van der Waals surface area contributed by atoms with E-state index in [0.29, 0.717) is 12.5 Å². The molecule has 0 aliphatic heterocycles. The first-order valence-electron chi connectivity index (χ1n) is 4.46. The van der Waals surface area contributed by atoms with Gasteiger partial charge in [-0.05, 0) is 12.8 Å². The molecule has 0 spiro atoms. The second-order valence-electron chi connectivity index (χ2n) is 3.53. The van der Waals surface area contributed by atoms with E-state index in [1.54, 1.807) is 14.0 Å². The highest BCUT2D eigenvalue weighted by Gasteiger charge is 2.19. The first kappa shape index (κ1) is 12.4. The molecule has 2 N–H and O–H groups in total. The standard InChI is InChI=1S/C9H19NO3/c1-6(2)8(5-13-4)10-7(3)9(11)12/h6-8,10H,5H2,1-4H3,(H,11,12). The molecule has 2 atom stereocenters. The second-order valence-corrected chi connectivity index (χ2v) is 3.53. The Hall–Kier alpha value is -0.610. The third-order valence-corrected chi connectivity index (χ3v) is 1.99. The van der Waals surface area contributed by atoms with E-state index < -0.39 is 12.0 Å². The molecule has 0 fully saturated rings. The molecule has 0 aromatic rings. The minimum Gasteiger partial charge on any atom is -0.480 e. The Morgan fingerprint density at radius 2 is 2.00 bits per heavy atom. The minimum atomic E-state index is -0.832. The Balaban J connectivity index is 4.01. The van der Waals surface area contributed by atoms with Crippen molar-refractivity contribution in [3.63, 3.8) is 0 Å². The Morgan fingerprint density at radius 1 is 1.46 bits per heavy atom. The quantitative estimate of drug-likeness (QED) is 0.646. The first-order chi connectivity index (χ1) is 5.99. The highest BCUT2D eigenvalue weighted by molar-refractivity contribution is 5.72. The lowest BCUT2D eigenvalue weighted by atomic mass is 10.0. The van der Waals surface area contributed by atoms with Crippen LogP contribution in [-0.4, -0.2) is 36.9 Å². The smallest absolute Gasteiger partial charge is 0.320 e. The molecule has 0 aromatic carbocycles. The lowest BCUT2D eigenvalue weighted by Gasteiger charge is -2.23. The first-order valence-corrected chi connectivity index (χ1v) is 4.46. The number of aliphatic carboxylic acids is 1. The van der Waals surface area contributed by atoms with Gasteiger partial charge in [-0.3, -0.25) is 10.1 Å². The van der Waals surface area contributed by atoms with E-state index in [0.717, 1.165) is 0 Å². The molecule has 0 aromatic heterocycles. The van der Waals surface area contributed by atoms with Crippen LogP contribution in [-0.2, 0) is 9.53 Å². The van der Waals surface area contributed by atoms with Crippen LogP contribution in [0.4, 0.5) is 0 Å². The summed E-state index contributed by atoms with van der Waals surface area (Å²) in [4.78, 5) is 10.6. The maximum absolute atomic E-state index is 10.6. The topological polar surface area (TPSA) is 58.6 Å². The fourth-order valence-corrected chi connectivity index (χ4v) is 1.00. The van der Waals surface area contributed by atoms with Crippen LogP contribution in [0.1, 0.15) is 20.8 Å². The van der Waals surface area contributed by atoms with Gasteiger partial charge in [-0.25, -0.2) is 0 Å². The molecule has 0 aliphatic carbocycles. The lowest BCUT2D eigenvalue weighted by Crippen LogP contribution is -2.46. The Labute approximate surface area is 79.3 Å². The fraction of sp³-hybridized carbons (Fsp3) is 0.889. The van der Waals surface area contributed by atoms with E-state index in [4.69, 9.17) is 9.84 Å². The molecular formula is C9H19NO3. The maximum Gasteiger partial charge on any atom is 0.320 e. The molecule has 2 unspecified atom stereocenters. The molecule has 78 valence electrons. The summed E-state index contributed by atoms with van der Waals surface area (Å²) in [5.74, 6) is -0.469. The van der Waals surface area contributed by atoms with Crippen molar-refractivity contribution in [3.05, 3.63) is 0 Å². The van der Waals surface area contributed by atoms with Gasteiger partial charge in [0.15, 0.2) is 0 Å². The molecule has 0 saturated heterocycles. The van der Waals surface area contributed by atoms with Crippen molar-refractivity contribution >= 4 is 5.97 Å². The predicted molar refractivity (Wildman–Crippen MR) is 50.7 cm³/mol. The molecule has 4 nitrogen and oxygen atoms in total. The highest BCUT2D eigenvalue weighted by Crippen LogP contribution is 2.03. The number of hydrogen-bond acceptors (Lipinski definition) is 3. The second kappa shape index (κ2) is 5.94. The van der Waals surface area contributed by atoms with E-state index in [1.807, 2.05) is 13.8 Å². The third kappa shape index (κ3) is 4.85. The molecule has 0 amide bonds. The van der Waals surface area contributed by atoms with Gasteiger partial charge in [-0.1, -0.05) is 13.8 Å². The van der Waals surface area contributed by atoms with Crippen LogP contribution >= 0.6 is 0 Å². The van der Waals surface area contributed by atoms with Crippen LogP contribution in [0.2, 0.25) is 0 Å². The summed E-state index contributed by atoms with van der Waals surface area (Å²) in [5.41, 5.74) is 0. The Kier molecular flexibility index (Phi) is 5.66. The highest BCUT2D eigenvalue weighted by atomic mass is 16.5. The van der Waals surface area contributed by atoms with E-state index in [9.17, 15) is 4.79 Å². The van der Waals surface area contributed by atoms with Crippen LogP contribution in [0.15, 0.2) is 0 Å². The summed E-state index contributed by atoms with van der Waals surface area (Å²) in [7, 11) is 1.61. The van der Waals surface area contributed by atoms with Crippen molar-refractivity contribution in [2.45, 2.75) is 32.9 Å². The van der Waals surface area contributed by atoms with Gasteiger partial charge in [-0.2, -0.15) is 0 Å². The monoisotopic (exact) mass is 189 g/mol. The number of carbonyl (C=O) groups is 1. The maximum atomic E-state index is 10.6. The molecule has 0 radical (unpaired) electrons. The average molecular weight is 189 g/mol. The number of methoxy groups -OCH3 is 1. The minimum absolute atomic E-state index is 0.0936. The normalized spacial score (nSPS) is 15.8. The van der Waals surface area contributed by atoms with E-state index in [1.165, 1.54) is 0 Å². The van der Waals surface area contributed by atoms with E-state index >= 15 is 0 Å². The lowest BCUT2D eigenvalue weighted by molar-refractivity contribution is -0.139. The molecular weight excluding hydrogens is 170 g/mol. The van der Waals surface area contributed by atoms with Crippen LogP contribution in [0.5, 0.6) is 0 Å². The van der Waals surface area contributed by atoms with Gasteiger partial charge in [0.25, 0.3) is 0 Å². The molecule has 0 heterocycles. The van der Waals surface area contributed by atoms with Crippen molar-refractivity contribution in [2.24, 2.45) is 5.92 Å². The van der Waals surface area contributed by atoms with Gasteiger partial charge in [0.1, 0.15) is 6.04 Å². The molecule has 0 saturated carbocycles. The zero-order chi connectivity index (χ0) is 10.4. The van der Waals surface area contributed by atoms with Crippen LogP contribution in [0, 0.1) is 5.92 Å². The molecule has 0 rings (SSSR count). The largest absolute Gasteiger partial charge is 0.480 e. The van der Waals surface area contributed by atoms with Crippen LogP contribution in [0.25, 0.3) is 0 Å². The summed E-state index contributed by atoms with van der Waals surface area (Å²) in [6.45, 7) is 6.24. The zero-order valence-corrected chi connectivity index (χ0v) is 8.70. The number of nitrogens with one attached hydrogen (secondary N) is 1. The van der Waals surface area contributed by atoms with Crippen molar-refractivity contribution in [1.29, 1.82) is 0 Å². The van der Waals surface area contributed by atoms with Gasteiger partial charge in [-0.15, -0.1) is 0 Å². The molecule has 4 heteroatoms. The molecule has 13 heavy (non-hydrogen) atoms. The number of carboxylic acids is 1. The van der Waals surface area contributed by atoms with Crippen LogP contribution < -0.4 is 5.32 Å². The molecule has 0 bridgehead atoms. The number of hydrogen-bond donors (Lipinski definition) is 2. The average Bonchev–Trinajstić information content (AvgIpc) is 2.03. The number of rotatable bonds is 6. The Bertz CT molecular complexity index is 159. The predicted octanol–water partition coefficient (Wildman–Crippen LogP) is 0.720. The number of ether oxygens (including phenoxy) is 1. The summed E-state index contributed by atoms with van der Waals surface area (Å²) >= 11 is 0. The van der Waals surface area contributed by atoms with Crippen molar-refractivity contribution < 1.29 is 14.6 Å². The van der Waals surface area contributed by atoms with E-state index in [-0.39, 0.29) is 6.04 Å². The van der Waals surface area contributed by atoms with Gasteiger partial charge in [0, 0.05) is 13.2 Å². The van der Waals surface area contributed by atoms with E-state index in [2.05, 4.69) is 5.32 Å². The summed E-state index contributed by atoms with van der Waals surface area (Å²) in [6.07, 6.45) is 0. The fourth-order valence-electron chi connectivity index (χ4n) is 1.00. The van der Waals surface area contributed by atoms with Crippen LogP contribution in [0.3, 0.4) is 0 Å². The third-order valence-electron chi connectivity index (χ3n) is 1.99. The summed E-state index contributed by atoms with van der Waals surface area (Å²) < 4.78 is 4.99. The zero-order valence-electron chi connectivity index (χ0n) is 8.70. The van der Waals surface area contributed by atoms with Crippen molar-refractivity contribution in [3.8, 4) is 0 Å². The number of carboxylic acid groups (broad SMARTS) is 1. The van der Waals surface area contributed by atoms with Crippen molar-refractivity contribution in [1.82, 2.24) is 5.32 Å². The van der Waals surface area contributed by atoms with Gasteiger partial charge < -0.3 is 9.84 Å². The van der Waals surface area contributed by atoms with Gasteiger partial charge in [0.05, 0.1) is 6.61 Å². The summed E-state index contributed by atoms with van der Waals surface area (Å²) in [5, 5.41) is 11.7. The van der Waals surface area contributed by atoms with Gasteiger partial charge in [0.2, 0.25) is 0 Å². The van der Waals surface area contributed by atoms with Crippen molar-refractivity contribution in [2.75, 3.05) is 13.7 Å². The Morgan fingerprint density at radius 3 is 2.31 bits per heavy atom. The summed E-state index contributed by atoms with van der Waals surface area (Å²) in [6, 6.07) is -0.432.